The van der Waals surface area contributed by atoms with Crippen LogP contribution in [0.25, 0.3) is 0 Å². The number of methoxy groups -OCH3 is 1. The van der Waals surface area contributed by atoms with Crippen LogP contribution in [0.3, 0.4) is 0 Å². The lowest BCUT2D eigenvalue weighted by Crippen LogP contribution is -2.15. The van der Waals surface area contributed by atoms with Crippen molar-refractivity contribution < 1.29 is 37.9 Å². The molecule has 0 rings (SSSR count). The first-order valence-corrected chi connectivity index (χ1v) is 9.15. The van der Waals surface area contributed by atoms with Crippen LogP contribution in [0.5, 0.6) is 0 Å². The highest BCUT2D eigenvalue weighted by atomic mass is 35.5. The molecule has 0 aromatic rings. The lowest BCUT2D eigenvalue weighted by Gasteiger charge is -2.08. The van der Waals surface area contributed by atoms with Crippen molar-refractivity contribution in [2.75, 3.05) is 113 Å². The van der Waals surface area contributed by atoms with Crippen LogP contribution in [0.15, 0.2) is 0 Å². The van der Waals surface area contributed by atoms with Gasteiger partial charge in [0, 0.05) is 13.7 Å². The second-order valence-electron chi connectivity index (χ2n) is 5.07. The van der Waals surface area contributed by atoms with E-state index in [1.807, 2.05) is 0 Å². The van der Waals surface area contributed by atoms with Gasteiger partial charge in [0.2, 0.25) is 0 Å². The smallest absolute Gasteiger partial charge is 0.0701 e. The summed E-state index contributed by atoms with van der Waals surface area (Å²) in [5.41, 5.74) is 5.30. The molecule has 0 amide bonds. The van der Waals surface area contributed by atoms with Gasteiger partial charge < -0.3 is 43.6 Å². The van der Waals surface area contributed by atoms with E-state index in [9.17, 15) is 0 Å². The van der Waals surface area contributed by atoms with Crippen LogP contribution in [0, 0.1) is 0 Å². The lowest BCUT2D eigenvalue weighted by atomic mass is 10.6. The van der Waals surface area contributed by atoms with Gasteiger partial charge in [-0.25, -0.2) is 0 Å². The third-order valence-electron chi connectivity index (χ3n) is 2.93. The minimum Gasteiger partial charge on any atom is -0.382 e. The number of ether oxygens (including phenoxy) is 8. The maximum absolute atomic E-state index is 5.39. The van der Waals surface area contributed by atoms with Crippen molar-refractivity contribution in [2.24, 2.45) is 5.73 Å². The second-order valence-corrected chi connectivity index (χ2v) is 5.07. The average molecular weight is 420 g/mol. The van der Waals surface area contributed by atoms with E-state index in [1.54, 1.807) is 7.11 Å². The van der Waals surface area contributed by atoms with E-state index >= 15 is 0 Å². The van der Waals surface area contributed by atoms with Crippen LogP contribution < -0.4 is 5.73 Å². The largest absolute Gasteiger partial charge is 0.382 e. The molecule has 0 saturated heterocycles. The second kappa shape index (κ2) is 28.1. The summed E-state index contributed by atoms with van der Waals surface area (Å²) >= 11 is 0. The molecule has 2 N–H and O–H groups in total. The normalized spacial score (nSPS) is 10.9. The van der Waals surface area contributed by atoms with Crippen molar-refractivity contribution in [3.8, 4) is 0 Å². The molecule has 0 saturated carbocycles. The molecular formula is C17H38ClNO8. The molecule has 0 heterocycles. The molecule has 0 aliphatic carbocycles. The van der Waals surface area contributed by atoms with Crippen molar-refractivity contribution in [3.63, 3.8) is 0 Å². The molecule has 0 aromatic heterocycles. The number of nitrogens with two attached hydrogens (primary N) is 1. The first kappa shape index (κ1) is 29.1. The Bertz CT molecular complexity index is 231. The first-order valence-electron chi connectivity index (χ1n) is 9.15. The van der Waals surface area contributed by atoms with Crippen molar-refractivity contribution in [2.45, 2.75) is 0 Å². The van der Waals surface area contributed by atoms with Crippen molar-refractivity contribution in [1.29, 1.82) is 0 Å². The van der Waals surface area contributed by atoms with Crippen LogP contribution in [-0.4, -0.2) is 113 Å². The number of rotatable bonds is 23. The molecule has 27 heavy (non-hydrogen) atoms. The Labute approximate surface area is 169 Å². The number of halogens is 1. The molecule has 166 valence electrons. The van der Waals surface area contributed by atoms with Crippen LogP contribution >= 0.6 is 12.4 Å². The highest BCUT2D eigenvalue weighted by Crippen LogP contribution is 1.85. The van der Waals surface area contributed by atoms with E-state index in [0.717, 1.165) is 0 Å². The minimum absolute atomic E-state index is 0. The van der Waals surface area contributed by atoms with Crippen molar-refractivity contribution in [3.05, 3.63) is 0 Å². The molecule has 9 nitrogen and oxygen atoms in total. The van der Waals surface area contributed by atoms with Gasteiger partial charge in [0.05, 0.1) is 99.1 Å². The Morgan fingerprint density at radius 3 is 0.852 bits per heavy atom. The predicted molar refractivity (Wildman–Crippen MR) is 104 cm³/mol. The topological polar surface area (TPSA) is 99.9 Å². The fourth-order valence-electron chi connectivity index (χ4n) is 1.65. The molecule has 0 radical (unpaired) electrons. The molecule has 0 aliphatic heterocycles. The lowest BCUT2D eigenvalue weighted by molar-refractivity contribution is -0.0219. The molecule has 0 unspecified atom stereocenters. The van der Waals surface area contributed by atoms with Crippen LogP contribution in [-0.2, 0) is 37.9 Å². The summed E-state index contributed by atoms with van der Waals surface area (Å²) in [4.78, 5) is 0. The molecule has 0 spiro atoms. The Balaban J connectivity index is 0. The summed E-state index contributed by atoms with van der Waals surface area (Å²) < 4.78 is 42.2. The van der Waals surface area contributed by atoms with E-state index in [2.05, 4.69) is 0 Å². The minimum atomic E-state index is 0. The van der Waals surface area contributed by atoms with Gasteiger partial charge >= 0.3 is 0 Å². The van der Waals surface area contributed by atoms with Gasteiger partial charge in [0.25, 0.3) is 0 Å². The Morgan fingerprint density at radius 2 is 0.630 bits per heavy atom. The van der Waals surface area contributed by atoms with Gasteiger partial charge in [0.15, 0.2) is 0 Å². The highest BCUT2D eigenvalue weighted by Gasteiger charge is 1.94. The van der Waals surface area contributed by atoms with Crippen LogP contribution in [0.4, 0.5) is 0 Å². The zero-order valence-corrected chi connectivity index (χ0v) is 17.4. The van der Waals surface area contributed by atoms with E-state index in [1.165, 1.54) is 0 Å². The molecule has 0 bridgehead atoms. The van der Waals surface area contributed by atoms with E-state index in [-0.39, 0.29) is 12.4 Å². The van der Waals surface area contributed by atoms with Gasteiger partial charge in [-0.1, -0.05) is 0 Å². The summed E-state index contributed by atoms with van der Waals surface area (Å²) in [6, 6.07) is 0. The fourth-order valence-corrected chi connectivity index (χ4v) is 1.65. The third-order valence-corrected chi connectivity index (χ3v) is 2.93. The quantitative estimate of drug-likeness (QED) is 0.231. The molecule has 0 aromatic carbocycles. The van der Waals surface area contributed by atoms with Crippen molar-refractivity contribution >= 4 is 12.4 Å². The summed E-state index contributed by atoms with van der Waals surface area (Å²) in [7, 11) is 1.65. The van der Waals surface area contributed by atoms with Crippen LogP contribution in [0.2, 0.25) is 0 Å². The van der Waals surface area contributed by atoms with Gasteiger partial charge in [0.1, 0.15) is 0 Å². The molecule has 0 atom stereocenters. The summed E-state index contributed by atoms with van der Waals surface area (Å²) in [5.74, 6) is 0. The summed E-state index contributed by atoms with van der Waals surface area (Å²) in [6.45, 7) is 8.90. The molecule has 0 aliphatic rings. The maximum Gasteiger partial charge on any atom is 0.0701 e. The Hall–Kier alpha value is -0.0700. The van der Waals surface area contributed by atoms with E-state index in [0.29, 0.717) is 106 Å². The molecular weight excluding hydrogens is 382 g/mol. The number of hydrogen-bond acceptors (Lipinski definition) is 9. The van der Waals surface area contributed by atoms with Gasteiger partial charge in [-0.05, 0) is 0 Å². The zero-order chi connectivity index (χ0) is 19.0. The predicted octanol–water partition coefficient (Wildman–Crippen LogP) is 0.130. The third kappa shape index (κ3) is 28.2. The Morgan fingerprint density at radius 1 is 0.407 bits per heavy atom. The first-order chi connectivity index (χ1) is 12.9. The zero-order valence-electron chi connectivity index (χ0n) is 16.6. The monoisotopic (exact) mass is 419 g/mol. The van der Waals surface area contributed by atoms with Gasteiger partial charge in [-0.3, -0.25) is 0 Å². The average Bonchev–Trinajstić information content (AvgIpc) is 2.66. The van der Waals surface area contributed by atoms with E-state index < -0.39 is 0 Å². The fraction of sp³-hybridized carbons (Fsp3) is 1.00. The summed E-state index contributed by atoms with van der Waals surface area (Å²) in [5, 5.41) is 0. The highest BCUT2D eigenvalue weighted by molar-refractivity contribution is 5.85. The van der Waals surface area contributed by atoms with Gasteiger partial charge in [-0.15, -0.1) is 12.4 Å². The Kier molecular flexibility index (Phi) is 30.4. The maximum atomic E-state index is 5.39. The van der Waals surface area contributed by atoms with E-state index in [4.69, 9.17) is 43.6 Å². The molecule has 10 heteroatoms. The van der Waals surface area contributed by atoms with Crippen molar-refractivity contribution in [1.82, 2.24) is 0 Å². The SMILES string of the molecule is COCCOCCOCCOCCOCCOCCOCCOCCN.Cl. The van der Waals surface area contributed by atoms with Crippen LogP contribution in [0.1, 0.15) is 0 Å². The summed E-state index contributed by atoms with van der Waals surface area (Å²) in [6.07, 6.45) is 0. The molecule has 0 fully saturated rings. The number of hydrogen-bond donors (Lipinski definition) is 1. The van der Waals surface area contributed by atoms with Gasteiger partial charge in [-0.2, -0.15) is 0 Å². The standard InChI is InChI=1S/C17H37NO8.ClH/c1-19-4-5-21-8-9-23-12-13-25-16-17-26-15-14-24-11-10-22-7-6-20-3-2-18;/h2-18H2,1H3;1H.